The molecule has 0 spiro atoms. The summed E-state index contributed by atoms with van der Waals surface area (Å²) in [5.41, 5.74) is 4.20. The van der Waals surface area contributed by atoms with Crippen LogP contribution in [0.2, 0.25) is 0 Å². The molecule has 0 N–H and O–H groups in total. The Balaban J connectivity index is 1.44. The number of esters is 1. The molecule has 1 amide bonds. The molecule has 1 aliphatic rings. The van der Waals surface area contributed by atoms with Gasteiger partial charge in [0.15, 0.2) is 6.61 Å². The van der Waals surface area contributed by atoms with Crippen molar-refractivity contribution in [1.82, 2.24) is 9.47 Å². The highest BCUT2D eigenvalue weighted by Crippen LogP contribution is 2.23. The molecular formula is C27H27FN2O4. The number of carbonyl (C=O) groups excluding carboxylic acids is 3. The Bertz CT molecular complexity index is 1280. The number of ketones is 1. The van der Waals surface area contributed by atoms with Crippen LogP contribution in [0.5, 0.6) is 0 Å². The van der Waals surface area contributed by atoms with Crippen LogP contribution < -0.4 is 0 Å². The number of Topliss-reactive ketones (excluding diaryl/α,β-unsaturated/α-hetero) is 1. The Morgan fingerprint density at radius 3 is 2.56 bits per heavy atom. The van der Waals surface area contributed by atoms with Gasteiger partial charge >= 0.3 is 5.97 Å². The molecule has 1 fully saturated rings. The fourth-order valence-electron chi connectivity index (χ4n) is 4.34. The molecule has 1 aromatic heterocycles. The van der Waals surface area contributed by atoms with Crippen LogP contribution in [-0.2, 0) is 16.1 Å². The smallest absolute Gasteiger partial charge is 0.338 e. The van der Waals surface area contributed by atoms with Gasteiger partial charge in [0, 0.05) is 42.1 Å². The second kappa shape index (κ2) is 9.63. The number of aryl methyl sites for hydroxylation is 2. The van der Waals surface area contributed by atoms with Crippen LogP contribution >= 0.6 is 0 Å². The van der Waals surface area contributed by atoms with E-state index in [1.807, 2.05) is 13.0 Å². The van der Waals surface area contributed by atoms with Crippen molar-refractivity contribution in [3.63, 3.8) is 0 Å². The van der Waals surface area contributed by atoms with Crippen LogP contribution in [0.1, 0.15) is 56.1 Å². The molecule has 6 nitrogen and oxygen atoms in total. The normalized spacial score (nSPS) is 13.4. The van der Waals surface area contributed by atoms with Gasteiger partial charge in [-0.25, -0.2) is 9.18 Å². The molecule has 3 aromatic rings. The number of amides is 1. The zero-order valence-corrected chi connectivity index (χ0v) is 19.6. The highest BCUT2D eigenvalue weighted by Gasteiger charge is 2.21. The molecule has 2 aromatic carbocycles. The summed E-state index contributed by atoms with van der Waals surface area (Å²) in [5, 5.41) is 0. The molecule has 0 unspecified atom stereocenters. The third-order valence-corrected chi connectivity index (χ3v) is 6.19. The Kier molecular flexibility index (Phi) is 6.63. The molecule has 2 heterocycles. The van der Waals surface area contributed by atoms with Gasteiger partial charge in [-0.3, -0.25) is 9.59 Å². The molecule has 0 radical (unpaired) electrons. The van der Waals surface area contributed by atoms with E-state index in [1.165, 1.54) is 6.07 Å². The van der Waals surface area contributed by atoms with Crippen molar-refractivity contribution in [2.45, 2.75) is 40.2 Å². The summed E-state index contributed by atoms with van der Waals surface area (Å²) in [6, 6.07) is 13.6. The van der Waals surface area contributed by atoms with Crippen molar-refractivity contribution in [3.8, 4) is 5.69 Å². The zero-order valence-electron chi connectivity index (χ0n) is 19.6. The first kappa shape index (κ1) is 23.4. The lowest BCUT2D eigenvalue weighted by Crippen LogP contribution is -2.24. The van der Waals surface area contributed by atoms with Crippen LogP contribution in [0.3, 0.4) is 0 Å². The number of likely N-dealkylation sites (tertiary alicyclic amines) is 1. The average molecular weight is 463 g/mol. The predicted octanol–water partition coefficient (Wildman–Crippen LogP) is 4.70. The van der Waals surface area contributed by atoms with Gasteiger partial charge in [-0.1, -0.05) is 18.2 Å². The van der Waals surface area contributed by atoms with Crippen molar-refractivity contribution in [2.24, 2.45) is 0 Å². The van der Waals surface area contributed by atoms with Gasteiger partial charge in [0.05, 0.1) is 5.56 Å². The average Bonchev–Trinajstić information content (AvgIpc) is 3.35. The lowest BCUT2D eigenvalue weighted by molar-refractivity contribution is -0.128. The number of benzene rings is 2. The monoisotopic (exact) mass is 462 g/mol. The third-order valence-electron chi connectivity index (χ3n) is 6.19. The van der Waals surface area contributed by atoms with Gasteiger partial charge in [0.25, 0.3) is 0 Å². The van der Waals surface area contributed by atoms with Gasteiger partial charge in [-0.15, -0.1) is 0 Å². The van der Waals surface area contributed by atoms with Crippen molar-refractivity contribution in [3.05, 3.63) is 88.0 Å². The predicted molar refractivity (Wildman–Crippen MR) is 126 cm³/mol. The lowest BCUT2D eigenvalue weighted by atomic mass is 10.1. The number of hydrogen-bond acceptors (Lipinski definition) is 4. The molecule has 0 saturated carbocycles. The SMILES string of the molecule is Cc1ccc(-n2c(C)cc(C(=O)COC(=O)c3cccc(CN4CCCC4=O)c3)c2C)cc1F. The Hall–Kier alpha value is -3.74. The first-order chi connectivity index (χ1) is 16.2. The van der Waals surface area contributed by atoms with Gasteiger partial charge in [0.1, 0.15) is 5.82 Å². The number of rotatable bonds is 7. The molecule has 1 aliphatic heterocycles. The number of hydrogen-bond donors (Lipinski definition) is 0. The number of nitrogens with zero attached hydrogens (tertiary/aromatic N) is 2. The Labute approximate surface area is 197 Å². The quantitative estimate of drug-likeness (QED) is 0.377. The molecule has 7 heteroatoms. The van der Waals surface area contributed by atoms with E-state index in [1.54, 1.807) is 59.7 Å². The van der Waals surface area contributed by atoms with Crippen molar-refractivity contribution in [1.29, 1.82) is 0 Å². The molecule has 0 bridgehead atoms. The fraction of sp³-hybridized carbons (Fsp3) is 0.296. The summed E-state index contributed by atoms with van der Waals surface area (Å²) in [4.78, 5) is 39.1. The summed E-state index contributed by atoms with van der Waals surface area (Å²) in [6.07, 6.45) is 1.41. The van der Waals surface area contributed by atoms with E-state index in [-0.39, 0.29) is 17.5 Å². The van der Waals surface area contributed by atoms with Crippen molar-refractivity contribution < 1.29 is 23.5 Å². The maximum absolute atomic E-state index is 14.1. The highest BCUT2D eigenvalue weighted by molar-refractivity contribution is 6.00. The van der Waals surface area contributed by atoms with E-state index in [4.69, 9.17) is 4.74 Å². The number of aromatic nitrogens is 1. The van der Waals surface area contributed by atoms with Crippen LogP contribution in [0.25, 0.3) is 5.69 Å². The van der Waals surface area contributed by atoms with Crippen molar-refractivity contribution >= 4 is 17.7 Å². The van der Waals surface area contributed by atoms with Crippen LogP contribution in [0.15, 0.2) is 48.5 Å². The number of carbonyl (C=O) groups is 3. The molecule has 176 valence electrons. The second-order valence-electron chi connectivity index (χ2n) is 8.67. The highest BCUT2D eigenvalue weighted by atomic mass is 19.1. The number of ether oxygens (including phenoxy) is 1. The van der Waals surface area contributed by atoms with E-state index in [0.29, 0.717) is 41.0 Å². The third kappa shape index (κ3) is 4.78. The van der Waals surface area contributed by atoms with Crippen LogP contribution in [-0.4, -0.2) is 40.3 Å². The maximum atomic E-state index is 14.1. The Morgan fingerprint density at radius 1 is 1.06 bits per heavy atom. The summed E-state index contributed by atoms with van der Waals surface area (Å²) in [5.74, 6) is -1.14. The molecule has 0 aliphatic carbocycles. The zero-order chi connectivity index (χ0) is 24.4. The summed E-state index contributed by atoms with van der Waals surface area (Å²) < 4.78 is 21.2. The molecule has 34 heavy (non-hydrogen) atoms. The van der Waals surface area contributed by atoms with E-state index < -0.39 is 12.6 Å². The molecule has 1 saturated heterocycles. The first-order valence-electron chi connectivity index (χ1n) is 11.3. The van der Waals surface area contributed by atoms with E-state index in [0.717, 1.165) is 24.2 Å². The summed E-state index contributed by atoms with van der Waals surface area (Å²) in [6.45, 7) is 6.08. The minimum atomic E-state index is -0.600. The minimum Gasteiger partial charge on any atom is -0.454 e. The first-order valence-corrected chi connectivity index (χ1v) is 11.3. The van der Waals surface area contributed by atoms with Gasteiger partial charge in [-0.2, -0.15) is 0 Å². The van der Waals surface area contributed by atoms with E-state index >= 15 is 0 Å². The topological polar surface area (TPSA) is 68.6 Å². The number of halogens is 1. The standard InChI is InChI=1S/C27H27FN2O4/c1-17-9-10-22(14-24(17)28)30-18(2)12-23(19(30)3)25(31)16-34-27(33)21-7-4-6-20(13-21)15-29-11-5-8-26(29)32/h4,6-7,9-10,12-14H,5,8,11,15-16H2,1-3H3. The maximum Gasteiger partial charge on any atom is 0.338 e. The minimum absolute atomic E-state index is 0.115. The van der Waals surface area contributed by atoms with Gasteiger partial charge in [-0.05, 0) is 68.7 Å². The van der Waals surface area contributed by atoms with Gasteiger partial charge < -0.3 is 14.2 Å². The lowest BCUT2D eigenvalue weighted by Gasteiger charge is -2.15. The summed E-state index contributed by atoms with van der Waals surface area (Å²) in [7, 11) is 0. The molecule has 4 rings (SSSR count). The van der Waals surface area contributed by atoms with Crippen molar-refractivity contribution in [2.75, 3.05) is 13.2 Å². The van der Waals surface area contributed by atoms with Crippen LogP contribution in [0.4, 0.5) is 4.39 Å². The van der Waals surface area contributed by atoms with E-state index in [9.17, 15) is 18.8 Å². The fourth-order valence-corrected chi connectivity index (χ4v) is 4.34. The molecular weight excluding hydrogens is 435 g/mol. The van der Waals surface area contributed by atoms with Crippen LogP contribution in [0, 0.1) is 26.6 Å². The Morgan fingerprint density at radius 2 is 1.85 bits per heavy atom. The van der Waals surface area contributed by atoms with E-state index in [2.05, 4.69) is 0 Å². The van der Waals surface area contributed by atoms with Gasteiger partial charge in [0.2, 0.25) is 11.7 Å². The summed E-state index contributed by atoms with van der Waals surface area (Å²) >= 11 is 0. The molecule has 0 atom stereocenters. The largest absolute Gasteiger partial charge is 0.454 e. The second-order valence-corrected chi connectivity index (χ2v) is 8.67.